The van der Waals surface area contributed by atoms with Gasteiger partial charge in [-0.2, -0.15) is 10.5 Å². The minimum Gasteiger partial charge on any atom is -0.399 e. The highest BCUT2D eigenvalue weighted by atomic mass is 79.9. The van der Waals surface area contributed by atoms with Crippen LogP contribution in [0.25, 0.3) is 22.1 Å². The number of halogens is 1. The molecule has 6 aromatic rings. The van der Waals surface area contributed by atoms with Crippen LogP contribution in [0.3, 0.4) is 0 Å². The molecule has 0 bridgehead atoms. The van der Waals surface area contributed by atoms with E-state index in [-0.39, 0.29) is 32.5 Å². The Labute approximate surface area is 310 Å². The molecule has 1 saturated heterocycles. The zero-order chi connectivity index (χ0) is 37.8. The molecule has 1 aliphatic heterocycles. The maximum Gasteiger partial charge on any atom is 0.495 e. The van der Waals surface area contributed by atoms with Gasteiger partial charge in [-0.25, -0.2) is 34.7 Å². The summed E-state index contributed by atoms with van der Waals surface area (Å²) in [4.78, 5) is 8.62. The van der Waals surface area contributed by atoms with Gasteiger partial charge in [0.15, 0.2) is 11.3 Å². The topological polar surface area (TPSA) is 170 Å². The molecule has 264 valence electrons. The third-order valence-electron chi connectivity index (χ3n) is 9.16. The number of aryl methyl sites for hydroxylation is 2. The fourth-order valence-electron chi connectivity index (χ4n) is 5.59. The van der Waals surface area contributed by atoms with Gasteiger partial charge in [-0.3, -0.25) is 0 Å². The summed E-state index contributed by atoms with van der Waals surface area (Å²) in [5.74, 6) is 0. The van der Waals surface area contributed by atoms with E-state index in [1.54, 1.807) is 36.4 Å². The molecule has 0 saturated carbocycles. The summed E-state index contributed by atoms with van der Waals surface area (Å²) < 4.78 is 67.4. The Morgan fingerprint density at radius 1 is 0.673 bits per heavy atom. The number of hydrogen-bond donors (Lipinski definition) is 0. The van der Waals surface area contributed by atoms with Crippen molar-refractivity contribution in [2.75, 3.05) is 0 Å². The fourth-order valence-corrected chi connectivity index (χ4v) is 8.83. The molecule has 5 heterocycles. The summed E-state index contributed by atoms with van der Waals surface area (Å²) in [7, 11) is -8.61. The molecule has 7 rings (SSSR count). The second-order valence-corrected chi connectivity index (χ2v) is 17.6. The first kappa shape index (κ1) is 36.9. The number of nitriles is 2. The zero-order valence-electron chi connectivity index (χ0n) is 29.0. The SMILES string of the molecule is Cc1ccc(S(=O)(=O)n2c(C#N)cc3c(B4OC(C)(C)C(C)(C)O4)ccnc32)cc1.Cc1ccc(S(=O)(=O)n2c(C#N)cc3c(Br)ccnc32)cc1. The summed E-state index contributed by atoms with van der Waals surface area (Å²) in [5.41, 5.74) is 1.81. The number of fused-ring (bicyclic) bond motifs is 2. The van der Waals surface area contributed by atoms with Crippen LogP contribution in [-0.2, 0) is 29.4 Å². The Morgan fingerprint density at radius 2 is 1.08 bits per heavy atom. The standard InChI is InChI=1S/C21H22BN3O4S.C15H10BrN3O2S/c1-14-6-8-16(9-7-14)30(26,27)25-15(13-23)12-17-18(10-11-24-19(17)25)22-28-20(2,3)21(4,5)29-22;1-10-2-4-12(5-3-10)22(20,21)19-11(9-17)8-13-14(16)6-7-18-15(13)19/h6-12H,1-5H3;2-8H,1H3. The summed E-state index contributed by atoms with van der Waals surface area (Å²) in [6.45, 7) is 11.5. The van der Waals surface area contributed by atoms with Gasteiger partial charge < -0.3 is 9.31 Å². The molecule has 0 amide bonds. The Kier molecular flexibility index (Phi) is 9.44. The highest BCUT2D eigenvalue weighted by Crippen LogP contribution is 2.37. The van der Waals surface area contributed by atoms with Gasteiger partial charge in [-0.15, -0.1) is 0 Å². The first-order chi connectivity index (χ1) is 24.4. The largest absolute Gasteiger partial charge is 0.495 e. The smallest absolute Gasteiger partial charge is 0.399 e. The Hall–Kier alpha value is -4.84. The summed E-state index contributed by atoms with van der Waals surface area (Å²) in [6, 6.07) is 23.3. The molecular weight excluding hydrogens is 767 g/mol. The average molecular weight is 800 g/mol. The molecule has 52 heavy (non-hydrogen) atoms. The minimum absolute atomic E-state index is 0.0231. The molecule has 1 aliphatic rings. The number of hydrogen-bond acceptors (Lipinski definition) is 10. The van der Waals surface area contributed by atoms with Crippen LogP contribution < -0.4 is 5.46 Å². The third kappa shape index (κ3) is 6.31. The Balaban J connectivity index is 0.000000187. The first-order valence-corrected chi connectivity index (χ1v) is 19.6. The maximum absolute atomic E-state index is 13.3. The van der Waals surface area contributed by atoms with Crippen molar-refractivity contribution >= 4 is 70.6 Å². The fraction of sp³-hybridized carbons (Fsp3) is 0.222. The van der Waals surface area contributed by atoms with Crippen molar-refractivity contribution in [1.29, 1.82) is 10.5 Å². The van der Waals surface area contributed by atoms with E-state index in [0.29, 0.717) is 20.7 Å². The van der Waals surface area contributed by atoms with E-state index < -0.39 is 38.4 Å². The first-order valence-electron chi connectivity index (χ1n) is 15.9. The predicted octanol–water partition coefficient (Wildman–Crippen LogP) is 5.97. The molecule has 12 nitrogen and oxygen atoms in total. The molecule has 0 radical (unpaired) electrons. The van der Waals surface area contributed by atoms with Gasteiger partial charge in [0.25, 0.3) is 20.0 Å². The second-order valence-electron chi connectivity index (χ2n) is 13.2. The van der Waals surface area contributed by atoms with Crippen LogP contribution in [0.1, 0.15) is 50.2 Å². The van der Waals surface area contributed by atoms with Crippen LogP contribution in [0.4, 0.5) is 0 Å². The van der Waals surface area contributed by atoms with Crippen LogP contribution in [-0.4, -0.2) is 53.1 Å². The lowest BCUT2D eigenvalue weighted by molar-refractivity contribution is 0.00578. The van der Waals surface area contributed by atoms with Gasteiger partial charge in [-0.1, -0.05) is 35.4 Å². The van der Waals surface area contributed by atoms with E-state index in [2.05, 4.69) is 25.9 Å². The minimum atomic E-state index is -4.02. The monoisotopic (exact) mass is 798 g/mol. The second kappa shape index (κ2) is 13.3. The summed E-state index contributed by atoms with van der Waals surface area (Å²) >= 11 is 3.35. The highest BCUT2D eigenvalue weighted by Gasteiger charge is 2.52. The highest BCUT2D eigenvalue weighted by molar-refractivity contribution is 9.10. The van der Waals surface area contributed by atoms with Gasteiger partial charge in [0.2, 0.25) is 0 Å². The van der Waals surface area contributed by atoms with Crippen molar-refractivity contribution < 1.29 is 26.1 Å². The van der Waals surface area contributed by atoms with Gasteiger partial charge >= 0.3 is 7.12 Å². The normalized spacial score (nSPS) is 15.2. The predicted molar refractivity (Wildman–Crippen MR) is 200 cm³/mol. The van der Waals surface area contributed by atoms with Crippen LogP contribution in [0, 0.1) is 36.5 Å². The van der Waals surface area contributed by atoms with Crippen molar-refractivity contribution in [3.8, 4) is 12.1 Å². The summed E-state index contributed by atoms with van der Waals surface area (Å²) in [6.07, 6.45) is 3.00. The molecule has 4 aromatic heterocycles. The van der Waals surface area contributed by atoms with E-state index >= 15 is 0 Å². The van der Waals surface area contributed by atoms with Crippen LogP contribution >= 0.6 is 15.9 Å². The van der Waals surface area contributed by atoms with E-state index in [1.807, 2.05) is 53.7 Å². The molecule has 16 heteroatoms. The van der Waals surface area contributed by atoms with Crippen molar-refractivity contribution in [2.24, 2.45) is 0 Å². The van der Waals surface area contributed by atoms with Gasteiger partial charge in [-0.05, 0) is 111 Å². The van der Waals surface area contributed by atoms with Crippen LogP contribution in [0.2, 0.25) is 0 Å². The summed E-state index contributed by atoms with van der Waals surface area (Å²) in [5, 5.41) is 20.0. The Morgan fingerprint density at radius 3 is 1.52 bits per heavy atom. The van der Waals surface area contributed by atoms with E-state index in [0.717, 1.165) is 19.1 Å². The molecule has 0 aliphatic carbocycles. The molecular formula is C36H32BBrN6O6S2. The molecule has 2 aromatic carbocycles. The Bertz CT molecular complexity index is 2660. The van der Waals surface area contributed by atoms with Gasteiger partial charge in [0.05, 0.1) is 21.0 Å². The quantitative estimate of drug-likeness (QED) is 0.190. The van der Waals surface area contributed by atoms with E-state index in [9.17, 15) is 27.4 Å². The van der Waals surface area contributed by atoms with Crippen molar-refractivity contribution in [3.63, 3.8) is 0 Å². The lowest BCUT2D eigenvalue weighted by Gasteiger charge is -2.32. The average Bonchev–Trinajstić information content (AvgIpc) is 3.75. The molecule has 0 spiro atoms. The molecule has 0 N–H and O–H groups in total. The lowest BCUT2D eigenvalue weighted by atomic mass is 9.78. The molecule has 1 fully saturated rings. The van der Waals surface area contributed by atoms with Crippen LogP contribution in [0.15, 0.2) is 99.5 Å². The van der Waals surface area contributed by atoms with Gasteiger partial charge in [0.1, 0.15) is 23.5 Å². The third-order valence-corrected chi connectivity index (χ3v) is 13.3. The number of benzene rings is 2. The number of aromatic nitrogens is 4. The van der Waals surface area contributed by atoms with Gasteiger partial charge in [0, 0.05) is 27.6 Å². The number of rotatable bonds is 5. The lowest BCUT2D eigenvalue weighted by Crippen LogP contribution is -2.41. The van der Waals surface area contributed by atoms with Crippen molar-refractivity contribution in [3.05, 3.63) is 112 Å². The number of pyridine rings is 2. The maximum atomic E-state index is 13.3. The molecule has 0 unspecified atom stereocenters. The number of nitrogens with zero attached hydrogens (tertiary/aromatic N) is 6. The van der Waals surface area contributed by atoms with Crippen molar-refractivity contribution in [1.82, 2.24) is 17.9 Å². The van der Waals surface area contributed by atoms with E-state index in [4.69, 9.17) is 9.31 Å². The van der Waals surface area contributed by atoms with E-state index in [1.165, 1.54) is 48.8 Å². The molecule has 0 atom stereocenters. The van der Waals surface area contributed by atoms with Crippen LogP contribution in [0.5, 0.6) is 0 Å². The zero-order valence-corrected chi connectivity index (χ0v) is 32.2. The van der Waals surface area contributed by atoms with Crippen molar-refractivity contribution in [2.45, 2.75) is 62.5 Å².